The van der Waals surface area contributed by atoms with Gasteiger partial charge < -0.3 is 0 Å². The molecule has 0 amide bonds. The molecule has 0 aliphatic rings. The molecule has 0 aromatic carbocycles. The van der Waals surface area contributed by atoms with Crippen LogP contribution in [0.25, 0.3) is 28.2 Å². The molecule has 0 aliphatic carbocycles. The lowest BCUT2D eigenvalue weighted by molar-refractivity contribution is 0.576. The van der Waals surface area contributed by atoms with Crippen molar-refractivity contribution in [3.05, 3.63) is 22.4 Å². The molecule has 0 atom stereocenters. The second-order valence-electron chi connectivity index (χ2n) is 6.62. The third-order valence-electron chi connectivity index (χ3n) is 4.74. The van der Waals surface area contributed by atoms with Crippen LogP contribution in [0.2, 0.25) is 0 Å². The van der Waals surface area contributed by atoms with Crippen molar-refractivity contribution in [2.24, 2.45) is 0 Å². The first-order valence-electron chi connectivity index (χ1n) is 9.17. The maximum atomic E-state index is 2.49. The Morgan fingerprint density at radius 3 is 2.29 bits per heavy atom. The smallest absolute Gasteiger partial charge is 0.0889 e. The molecule has 4 rings (SSSR count). The first kappa shape index (κ1) is 17.0. The number of aryl methyl sites for hydroxylation is 1. The topological polar surface area (TPSA) is 0 Å². The Labute approximate surface area is 160 Å². The maximum absolute atomic E-state index is 2.49. The van der Waals surface area contributed by atoms with Gasteiger partial charge in [-0.3, -0.25) is 0 Å². The van der Waals surface area contributed by atoms with Crippen molar-refractivity contribution in [2.45, 2.75) is 64.7 Å². The van der Waals surface area contributed by atoms with Gasteiger partial charge in [0, 0.05) is 15.6 Å². The predicted octanol–water partition coefficient (Wildman–Crippen LogP) is 9.08. The molecular formula is C20H24S4. The lowest BCUT2D eigenvalue weighted by atomic mass is 10.1. The number of unbranched alkanes of at least 4 members (excludes halogenated alkanes) is 7. The zero-order chi connectivity index (χ0) is 16.4. The van der Waals surface area contributed by atoms with Gasteiger partial charge in [0.15, 0.2) is 0 Å². The van der Waals surface area contributed by atoms with Crippen LogP contribution in [0, 0.1) is 0 Å². The molecule has 4 heteroatoms. The highest BCUT2D eigenvalue weighted by Crippen LogP contribution is 2.48. The molecule has 0 saturated carbocycles. The number of rotatable bonds is 9. The molecule has 128 valence electrons. The van der Waals surface area contributed by atoms with Gasteiger partial charge in [-0.15, -0.1) is 45.3 Å². The van der Waals surface area contributed by atoms with Gasteiger partial charge in [0.1, 0.15) is 0 Å². The molecule has 4 heterocycles. The Hall–Kier alpha value is -0.420. The molecule has 24 heavy (non-hydrogen) atoms. The Balaban J connectivity index is 1.34. The third-order valence-corrected chi connectivity index (χ3v) is 9.67. The van der Waals surface area contributed by atoms with Crippen molar-refractivity contribution < 1.29 is 0 Å². The average molecular weight is 393 g/mol. The lowest BCUT2D eigenvalue weighted by Gasteiger charge is -2.00. The molecule has 0 fully saturated rings. The minimum atomic E-state index is 1.28. The summed E-state index contributed by atoms with van der Waals surface area (Å²) in [7, 11) is 0. The summed E-state index contributed by atoms with van der Waals surface area (Å²) in [5.41, 5.74) is 0. The van der Waals surface area contributed by atoms with Gasteiger partial charge in [0.05, 0.1) is 17.4 Å². The minimum Gasteiger partial charge on any atom is -0.133 e. The van der Waals surface area contributed by atoms with Crippen molar-refractivity contribution in [1.82, 2.24) is 0 Å². The van der Waals surface area contributed by atoms with Crippen LogP contribution in [-0.4, -0.2) is 0 Å². The highest BCUT2D eigenvalue weighted by atomic mass is 32.2. The van der Waals surface area contributed by atoms with Gasteiger partial charge in [-0.1, -0.05) is 51.9 Å². The summed E-state index contributed by atoms with van der Waals surface area (Å²) >= 11 is 7.94. The van der Waals surface area contributed by atoms with E-state index in [-0.39, 0.29) is 0 Å². The fraction of sp³-hybridized carbons (Fsp3) is 0.500. The van der Waals surface area contributed by atoms with E-state index < -0.39 is 0 Å². The van der Waals surface area contributed by atoms with Crippen LogP contribution in [0.5, 0.6) is 0 Å². The second-order valence-corrected chi connectivity index (χ2v) is 11.2. The maximum Gasteiger partial charge on any atom is 0.0889 e. The van der Waals surface area contributed by atoms with Crippen LogP contribution >= 0.6 is 45.3 Å². The van der Waals surface area contributed by atoms with E-state index in [0.717, 1.165) is 0 Å². The van der Waals surface area contributed by atoms with E-state index in [0.29, 0.717) is 0 Å². The van der Waals surface area contributed by atoms with E-state index in [2.05, 4.69) is 24.4 Å². The molecule has 0 bridgehead atoms. The average Bonchev–Trinajstić information content (AvgIpc) is 3.29. The van der Waals surface area contributed by atoms with E-state index in [1.165, 1.54) is 82.0 Å². The Morgan fingerprint density at radius 1 is 0.750 bits per heavy atom. The highest BCUT2D eigenvalue weighted by molar-refractivity contribution is 7.49. The van der Waals surface area contributed by atoms with Crippen LogP contribution in [-0.2, 0) is 6.42 Å². The quantitative estimate of drug-likeness (QED) is 0.249. The molecule has 0 aliphatic heterocycles. The van der Waals surface area contributed by atoms with Crippen LogP contribution in [0.4, 0.5) is 0 Å². The fourth-order valence-electron chi connectivity index (χ4n) is 3.39. The molecule has 0 N–H and O–H groups in total. The van der Waals surface area contributed by atoms with E-state index in [1.54, 1.807) is 8.89 Å². The summed E-state index contributed by atoms with van der Waals surface area (Å²) in [5, 5.41) is 5.24. The number of thiophene rings is 4. The largest absolute Gasteiger partial charge is 0.133 e. The molecule has 0 unspecified atom stereocenters. The molecule has 0 spiro atoms. The standard InChI is InChI=1S/C20H24S4/c1-2-3-4-5-6-7-8-9-10-14-13-16-18-17(24-20(16)22-14)15-11-12-21-19(15)23-18/h11-13H,2-10H2,1H3. The van der Waals surface area contributed by atoms with Gasteiger partial charge in [-0.25, -0.2) is 0 Å². The molecular weight excluding hydrogens is 368 g/mol. The second kappa shape index (κ2) is 7.86. The Morgan fingerprint density at radius 2 is 1.46 bits per heavy atom. The highest BCUT2D eigenvalue weighted by Gasteiger charge is 2.15. The summed E-state index contributed by atoms with van der Waals surface area (Å²) in [6.45, 7) is 2.29. The SMILES string of the molecule is CCCCCCCCCCc1cc2c(s1)sc1c3ccsc3sc21. The number of hydrogen-bond acceptors (Lipinski definition) is 4. The van der Waals surface area contributed by atoms with Gasteiger partial charge in [0.2, 0.25) is 0 Å². The third kappa shape index (κ3) is 3.44. The van der Waals surface area contributed by atoms with E-state index in [4.69, 9.17) is 0 Å². The molecule has 4 aromatic heterocycles. The molecule has 0 saturated heterocycles. The predicted molar refractivity (Wildman–Crippen MR) is 117 cm³/mol. The number of hydrogen-bond donors (Lipinski definition) is 0. The zero-order valence-electron chi connectivity index (χ0n) is 14.2. The monoisotopic (exact) mass is 392 g/mol. The van der Waals surface area contributed by atoms with E-state index in [9.17, 15) is 0 Å². The first-order chi connectivity index (χ1) is 11.9. The van der Waals surface area contributed by atoms with Gasteiger partial charge in [0.25, 0.3) is 0 Å². The van der Waals surface area contributed by atoms with Gasteiger partial charge in [-0.05, 0) is 30.4 Å². The first-order valence-corrected chi connectivity index (χ1v) is 12.5. The van der Waals surface area contributed by atoms with Crippen molar-refractivity contribution in [3.63, 3.8) is 0 Å². The summed E-state index contributed by atoms with van der Waals surface area (Å²) in [6.07, 6.45) is 12.6. The summed E-state index contributed by atoms with van der Waals surface area (Å²) in [6, 6.07) is 4.78. The fourth-order valence-corrected chi connectivity index (χ4v) is 8.68. The van der Waals surface area contributed by atoms with Gasteiger partial charge in [-0.2, -0.15) is 0 Å². The molecule has 0 nitrogen and oxygen atoms in total. The van der Waals surface area contributed by atoms with Crippen LogP contribution in [0.15, 0.2) is 17.5 Å². The summed E-state index contributed by atoms with van der Waals surface area (Å²) in [5.74, 6) is 0. The van der Waals surface area contributed by atoms with Crippen LogP contribution in [0.3, 0.4) is 0 Å². The Kier molecular flexibility index (Phi) is 5.57. The van der Waals surface area contributed by atoms with E-state index in [1.807, 2.05) is 45.3 Å². The molecule has 4 aromatic rings. The normalized spacial score (nSPS) is 12.2. The van der Waals surface area contributed by atoms with Crippen molar-refractivity contribution in [2.75, 3.05) is 0 Å². The summed E-state index contributed by atoms with van der Waals surface area (Å²) in [4.78, 5) is 1.60. The van der Waals surface area contributed by atoms with Gasteiger partial charge >= 0.3 is 0 Å². The summed E-state index contributed by atoms with van der Waals surface area (Å²) < 4.78 is 6.10. The minimum absolute atomic E-state index is 1.28. The zero-order valence-corrected chi connectivity index (χ0v) is 17.5. The van der Waals surface area contributed by atoms with E-state index >= 15 is 0 Å². The lowest BCUT2D eigenvalue weighted by Crippen LogP contribution is -1.83. The van der Waals surface area contributed by atoms with Crippen LogP contribution < -0.4 is 0 Å². The van der Waals surface area contributed by atoms with Crippen molar-refractivity contribution >= 4 is 73.5 Å². The molecule has 0 radical (unpaired) electrons. The Bertz CT molecular complexity index is 918. The van der Waals surface area contributed by atoms with Crippen molar-refractivity contribution in [3.8, 4) is 0 Å². The van der Waals surface area contributed by atoms with Crippen LogP contribution in [0.1, 0.15) is 63.2 Å². The van der Waals surface area contributed by atoms with Crippen molar-refractivity contribution in [1.29, 1.82) is 0 Å². The number of fused-ring (bicyclic) bond motifs is 5.